The Morgan fingerprint density at radius 2 is 2.12 bits per heavy atom. The lowest BCUT2D eigenvalue weighted by Crippen LogP contribution is -2.23. The van der Waals surface area contributed by atoms with E-state index < -0.39 is 0 Å². The zero-order chi connectivity index (χ0) is 12.1. The molecule has 0 N–H and O–H groups in total. The van der Waals surface area contributed by atoms with Gasteiger partial charge >= 0.3 is 0 Å². The lowest BCUT2D eigenvalue weighted by molar-refractivity contribution is -0.131. The minimum Gasteiger partial charge on any atom is -0.303 e. The van der Waals surface area contributed by atoms with Gasteiger partial charge in [0.25, 0.3) is 0 Å². The van der Waals surface area contributed by atoms with Gasteiger partial charge in [-0.05, 0) is 5.56 Å². The summed E-state index contributed by atoms with van der Waals surface area (Å²) in [5, 5.41) is 5.76. The van der Waals surface area contributed by atoms with Crippen molar-refractivity contribution in [2.45, 2.75) is 19.3 Å². The maximum Gasteiger partial charge on any atom is 0.243 e. The highest BCUT2D eigenvalue weighted by molar-refractivity contribution is 6.02. The van der Waals surface area contributed by atoms with E-state index in [0.29, 0.717) is 6.54 Å². The average molecular weight is 230 g/mol. The van der Waals surface area contributed by atoms with Crippen molar-refractivity contribution in [1.82, 2.24) is 5.01 Å². The van der Waals surface area contributed by atoms with E-state index in [1.807, 2.05) is 30.3 Å². The highest BCUT2D eigenvalue weighted by atomic mass is 16.2. The zero-order valence-corrected chi connectivity index (χ0v) is 9.50. The lowest BCUT2D eigenvalue weighted by Gasteiger charge is -2.09. The van der Waals surface area contributed by atoms with E-state index in [1.165, 1.54) is 5.01 Å². The van der Waals surface area contributed by atoms with Crippen molar-refractivity contribution in [3.63, 3.8) is 0 Å². The van der Waals surface area contributed by atoms with Crippen LogP contribution in [0, 0.1) is 0 Å². The summed E-state index contributed by atoms with van der Waals surface area (Å²) in [5.74, 6) is -0.0805. The van der Waals surface area contributed by atoms with E-state index in [1.54, 1.807) is 0 Å². The number of amides is 1. The summed E-state index contributed by atoms with van der Waals surface area (Å²) in [6.45, 7) is 0.613. The van der Waals surface area contributed by atoms with Crippen LogP contribution in [0.25, 0.3) is 0 Å². The highest BCUT2D eigenvalue weighted by Crippen LogP contribution is 2.14. The van der Waals surface area contributed by atoms with Crippen LogP contribution in [0.1, 0.15) is 24.8 Å². The number of aldehydes is 1. The number of nitrogens with zero attached hydrogens (tertiary/aromatic N) is 2. The number of hydrogen-bond acceptors (Lipinski definition) is 3. The van der Waals surface area contributed by atoms with Gasteiger partial charge < -0.3 is 4.79 Å². The van der Waals surface area contributed by atoms with Crippen LogP contribution >= 0.6 is 0 Å². The van der Waals surface area contributed by atoms with Gasteiger partial charge in [0.1, 0.15) is 6.29 Å². The molecule has 4 nitrogen and oxygen atoms in total. The molecular formula is C13H14N2O2. The molecule has 1 amide bonds. The molecule has 0 saturated heterocycles. The summed E-state index contributed by atoms with van der Waals surface area (Å²) in [7, 11) is 0. The smallest absolute Gasteiger partial charge is 0.243 e. The van der Waals surface area contributed by atoms with Crippen LogP contribution < -0.4 is 0 Å². The number of carbonyl (C=O) groups is 2. The number of hydrazone groups is 1. The van der Waals surface area contributed by atoms with E-state index in [-0.39, 0.29) is 18.7 Å². The van der Waals surface area contributed by atoms with Crippen molar-refractivity contribution in [1.29, 1.82) is 0 Å². The topological polar surface area (TPSA) is 49.7 Å². The van der Waals surface area contributed by atoms with Crippen LogP contribution in [0.5, 0.6) is 0 Å². The van der Waals surface area contributed by atoms with Crippen LogP contribution in [0.3, 0.4) is 0 Å². The zero-order valence-electron chi connectivity index (χ0n) is 9.50. The Kier molecular flexibility index (Phi) is 3.65. The Bertz CT molecular complexity index is 440. The fraction of sp³-hybridized carbons (Fsp3) is 0.308. The Balaban J connectivity index is 2.04. The van der Waals surface area contributed by atoms with Crippen molar-refractivity contribution < 1.29 is 9.59 Å². The fourth-order valence-electron chi connectivity index (χ4n) is 1.78. The Morgan fingerprint density at radius 3 is 2.82 bits per heavy atom. The molecule has 0 aromatic heterocycles. The van der Waals surface area contributed by atoms with Crippen molar-refractivity contribution >= 4 is 17.9 Å². The summed E-state index contributed by atoms with van der Waals surface area (Å²) in [5.41, 5.74) is 1.99. The molecule has 1 aromatic rings. The summed E-state index contributed by atoms with van der Waals surface area (Å²) in [4.78, 5) is 21.8. The molecule has 0 fully saturated rings. The largest absolute Gasteiger partial charge is 0.303 e. The Labute approximate surface area is 99.9 Å². The normalized spacial score (nSPS) is 14.6. The standard InChI is InChI=1S/C13H14N2O2/c16-10-4-7-13(17)15-9-8-12(14-15)11-5-2-1-3-6-11/h1-3,5-6,10H,4,7-9H2. The molecule has 1 aliphatic heterocycles. The highest BCUT2D eigenvalue weighted by Gasteiger charge is 2.20. The monoisotopic (exact) mass is 230 g/mol. The molecule has 1 heterocycles. The van der Waals surface area contributed by atoms with Crippen molar-refractivity contribution in [2.75, 3.05) is 6.54 Å². The van der Waals surface area contributed by atoms with Gasteiger partial charge in [-0.15, -0.1) is 0 Å². The van der Waals surface area contributed by atoms with Gasteiger partial charge in [0, 0.05) is 19.3 Å². The summed E-state index contributed by atoms with van der Waals surface area (Å²) < 4.78 is 0. The minimum atomic E-state index is -0.0805. The summed E-state index contributed by atoms with van der Waals surface area (Å²) in [6, 6.07) is 9.83. The van der Waals surface area contributed by atoms with Crippen LogP contribution in [-0.4, -0.2) is 29.5 Å². The van der Waals surface area contributed by atoms with E-state index in [4.69, 9.17) is 0 Å². The molecule has 0 spiro atoms. The SMILES string of the molecule is O=CCCC(=O)N1CCC(c2ccccc2)=N1. The molecule has 4 heteroatoms. The van der Waals surface area contributed by atoms with Crippen LogP contribution in [0.4, 0.5) is 0 Å². The molecule has 0 saturated carbocycles. The summed E-state index contributed by atoms with van der Waals surface area (Å²) >= 11 is 0. The van der Waals surface area contributed by atoms with Crippen LogP contribution in [-0.2, 0) is 9.59 Å². The molecule has 0 bridgehead atoms. The van der Waals surface area contributed by atoms with E-state index in [9.17, 15) is 9.59 Å². The first kappa shape index (κ1) is 11.5. The quantitative estimate of drug-likeness (QED) is 0.738. The van der Waals surface area contributed by atoms with Gasteiger partial charge in [-0.3, -0.25) is 4.79 Å². The molecule has 0 radical (unpaired) electrons. The molecular weight excluding hydrogens is 216 g/mol. The van der Waals surface area contributed by atoms with Crippen molar-refractivity contribution in [2.24, 2.45) is 5.10 Å². The lowest BCUT2D eigenvalue weighted by atomic mass is 10.1. The molecule has 0 unspecified atom stereocenters. The van der Waals surface area contributed by atoms with E-state index >= 15 is 0 Å². The predicted molar refractivity (Wildman–Crippen MR) is 64.6 cm³/mol. The molecule has 0 atom stereocenters. The first-order chi connectivity index (χ1) is 8.31. The van der Waals surface area contributed by atoms with Gasteiger partial charge in [0.15, 0.2) is 0 Å². The van der Waals surface area contributed by atoms with Crippen LogP contribution in [0.15, 0.2) is 35.4 Å². The predicted octanol–water partition coefficient (Wildman–Crippen LogP) is 1.60. The second-order valence-corrected chi connectivity index (χ2v) is 3.88. The van der Waals surface area contributed by atoms with E-state index in [0.717, 1.165) is 24.0 Å². The van der Waals surface area contributed by atoms with Gasteiger partial charge in [0.2, 0.25) is 5.91 Å². The number of carbonyl (C=O) groups excluding carboxylic acids is 2. The number of rotatable bonds is 4. The molecule has 2 rings (SSSR count). The minimum absolute atomic E-state index is 0.0805. The molecule has 17 heavy (non-hydrogen) atoms. The number of hydrogen-bond donors (Lipinski definition) is 0. The van der Waals surface area contributed by atoms with E-state index in [2.05, 4.69) is 5.10 Å². The maximum absolute atomic E-state index is 11.6. The second kappa shape index (κ2) is 5.39. The van der Waals surface area contributed by atoms with Gasteiger partial charge in [0.05, 0.1) is 12.3 Å². The fourth-order valence-corrected chi connectivity index (χ4v) is 1.78. The average Bonchev–Trinajstić information content (AvgIpc) is 2.86. The Hall–Kier alpha value is -1.97. The Morgan fingerprint density at radius 1 is 1.35 bits per heavy atom. The number of benzene rings is 1. The third-order valence-corrected chi connectivity index (χ3v) is 2.67. The molecule has 88 valence electrons. The third kappa shape index (κ3) is 2.78. The first-order valence-corrected chi connectivity index (χ1v) is 5.68. The molecule has 1 aromatic carbocycles. The van der Waals surface area contributed by atoms with Gasteiger partial charge in [-0.25, -0.2) is 5.01 Å². The van der Waals surface area contributed by atoms with Crippen molar-refractivity contribution in [3.8, 4) is 0 Å². The molecule has 1 aliphatic rings. The van der Waals surface area contributed by atoms with Crippen molar-refractivity contribution in [3.05, 3.63) is 35.9 Å². The third-order valence-electron chi connectivity index (χ3n) is 2.67. The van der Waals surface area contributed by atoms with Gasteiger partial charge in [-0.1, -0.05) is 30.3 Å². The maximum atomic E-state index is 11.6. The van der Waals surface area contributed by atoms with Gasteiger partial charge in [-0.2, -0.15) is 5.10 Å². The van der Waals surface area contributed by atoms with Crippen LogP contribution in [0.2, 0.25) is 0 Å². The second-order valence-electron chi connectivity index (χ2n) is 3.88. The first-order valence-electron chi connectivity index (χ1n) is 5.68. The molecule has 0 aliphatic carbocycles. The summed E-state index contributed by atoms with van der Waals surface area (Å²) in [6.07, 6.45) is 2.05.